The van der Waals surface area contributed by atoms with Crippen LogP contribution in [0.2, 0.25) is 0 Å². The van der Waals surface area contributed by atoms with E-state index in [4.69, 9.17) is 0 Å². The Balaban J connectivity index is 1.39. The van der Waals surface area contributed by atoms with Crippen LogP contribution in [0.3, 0.4) is 0 Å². The van der Waals surface area contributed by atoms with Crippen molar-refractivity contribution >= 4 is 88.0 Å². The van der Waals surface area contributed by atoms with Crippen LogP contribution in [0.1, 0.15) is 33.4 Å². The third kappa shape index (κ3) is 4.31. The number of aryl methyl sites for hydroxylation is 6. The fraction of sp³-hybridized carbons (Fsp3) is 0.120. The van der Waals surface area contributed by atoms with Crippen molar-refractivity contribution in [1.29, 1.82) is 0 Å². The Labute approximate surface area is 305 Å². The second-order valence-electron chi connectivity index (χ2n) is 15.2. The van der Waals surface area contributed by atoms with Gasteiger partial charge in [-0.05, 0) is 92.1 Å². The molecule has 0 bridgehead atoms. The van der Waals surface area contributed by atoms with E-state index in [0.29, 0.717) is 0 Å². The van der Waals surface area contributed by atoms with Gasteiger partial charge in [0.15, 0.2) is 0 Å². The minimum Gasteiger partial charge on any atom is -0.309 e. The number of fused-ring (bicyclic) bond motifs is 6. The lowest BCUT2D eigenvalue weighted by atomic mass is 9.33. The van der Waals surface area contributed by atoms with Crippen LogP contribution in [-0.2, 0) is 0 Å². The van der Waals surface area contributed by atoms with E-state index >= 15 is 0 Å². The fourth-order valence-corrected chi connectivity index (χ4v) is 10.1. The Bertz CT molecular complexity index is 2930. The van der Waals surface area contributed by atoms with Crippen LogP contribution < -0.4 is 16.4 Å². The summed E-state index contributed by atoms with van der Waals surface area (Å²) in [7, 11) is 0. The highest BCUT2D eigenvalue weighted by Gasteiger charge is 2.31. The predicted octanol–water partition coefficient (Wildman–Crippen LogP) is 11.2. The van der Waals surface area contributed by atoms with Crippen molar-refractivity contribution in [3.8, 4) is 5.69 Å². The van der Waals surface area contributed by atoms with Gasteiger partial charge >= 0.3 is 0 Å². The molecule has 0 aliphatic carbocycles. The lowest BCUT2D eigenvalue weighted by Crippen LogP contribution is -2.56. The average molecular weight is 666 g/mol. The number of nitrogens with zero attached hydrogens (tertiary/aromatic N) is 1. The minimum atomic E-state index is 0.0915. The van der Waals surface area contributed by atoms with E-state index in [9.17, 15) is 0 Å². The molecule has 0 unspecified atom stereocenters. The first-order chi connectivity index (χ1) is 25.3. The molecular weight excluding hydrogens is 625 g/mol. The van der Waals surface area contributed by atoms with Gasteiger partial charge in [0.25, 0.3) is 0 Å². The van der Waals surface area contributed by atoms with Gasteiger partial charge in [0.1, 0.15) is 0 Å². The third-order valence-corrected chi connectivity index (χ3v) is 11.8. The predicted molar refractivity (Wildman–Crippen MR) is 228 cm³/mol. The molecule has 10 rings (SSSR count). The SMILES string of the molecule is Cc1cc(C)c(B(c2c(C)cc(C)cc2C)c2ccc3c4ccccc4c4c(-n5c6ccccc6c6ccccc65)ccc5ccc2c3c54)c(C)c1. The standard InChI is InChI=1S/C50H40BN/c1-29-25-31(3)49(32(4)26-29)51(50-33(5)27-30(2)28-34(50)6)42-23-22-40-36-13-7-8-16-39(36)48-45(24-20-35-19-21-41(42)47(40)46(35)48)52-43-17-11-9-14-37(43)38-15-10-12-18-44(38)52/h7-28H,1-6H3. The summed E-state index contributed by atoms with van der Waals surface area (Å²) in [6.07, 6.45) is 0. The van der Waals surface area contributed by atoms with Crippen LogP contribution in [0, 0.1) is 41.5 Å². The summed E-state index contributed by atoms with van der Waals surface area (Å²) >= 11 is 0. The van der Waals surface area contributed by atoms with Gasteiger partial charge in [0, 0.05) is 21.5 Å². The average Bonchev–Trinajstić information content (AvgIpc) is 3.47. The smallest absolute Gasteiger partial charge is 0.243 e. The molecule has 0 aliphatic rings. The lowest BCUT2D eigenvalue weighted by molar-refractivity contribution is 1.20. The van der Waals surface area contributed by atoms with Crippen LogP contribution in [0.15, 0.2) is 133 Å². The third-order valence-electron chi connectivity index (χ3n) is 11.8. The first-order valence-electron chi connectivity index (χ1n) is 18.6. The molecule has 0 amide bonds. The van der Waals surface area contributed by atoms with Gasteiger partial charge in [-0.15, -0.1) is 0 Å². The van der Waals surface area contributed by atoms with E-state index in [1.54, 1.807) is 0 Å². The molecule has 1 heterocycles. The van der Waals surface area contributed by atoms with Crippen LogP contribution in [0.4, 0.5) is 0 Å². The molecule has 0 atom stereocenters. The fourth-order valence-electron chi connectivity index (χ4n) is 10.1. The minimum absolute atomic E-state index is 0.0915. The number of hydrogen-bond donors (Lipinski definition) is 0. The molecule has 248 valence electrons. The molecule has 0 spiro atoms. The maximum Gasteiger partial charge on any atom is 0.243 e. The van der Waals surface area contributed by atoms with Crippen molar-refractivity contribution in [3.05, 3.63) is 167 Å². The van der Waals surface area contributed by atoms with Crippen molar-refractivity contribution in [1.82, 2.24) is 4.57 Å². The number of rotatable bonds is 4. The highest BCUT2D eigenvalue weighted by Crippen LogP contribution is 2.44. The number of para-hydroxylation sites is 2. The maximum absolute atomic E-state index is 2.50. The summed E-state index contributed by atoms with van der Waals surface area (Å²) in [5.74, 6) is 0. The summed E-state index contributed by atoms with van der Waals surface area (Å²) in [6, 6.07) is 50.6. The van der Waals surface area contributed by atoms with Gasteiger partial charge in [0.05, 0.1) is 16.7 Å². The summed E-state index contributed by atoms with van der Waals surface area (Å²) in [6.45, 7) is 13.8. The second kappa shape index (κ2) is 11.3. The van der Waals surface area contributed by atoms with E-state index in [-0.39, 0.29) is 6.71 Å². The topological polar surface area (TPSA) is 4.93 Å². The first kappa shape index (κ1) is 30.9. The van der Waals surface area contributed by atoms with Crippen LogP contribution in [0.25, 0.3) is 70.6 Å². The van der Waals surface area contributed by atoms with E-state index in [1.807, 2.05) is 0 Å². The zero-order valence-corrected chi connectivity index (χ0v) is 30.7. The Morgan fingerprint density at radius 2 is 0.846 bits per heavy atom. The number of hydrogen-bond acceptors (Lipinski definition) is 0. The molecular formula is C50H40BN. The van der Waals surface area contributed by atoms with Crippen LogP contribution in [0.5, 0.6) is 0 Å². The van der Waals surface area contributed by atoms with Crippen LogP contribution >= 0.6 is 0 Å². The van der Waals surface area contributed by atoms with Crippen molar-refractivity contribution in [2.75, 3.05) is 0 Å². The zero-order chi connectivity index (χ0) is 35.4. The van der Waals surface area contributed by atoms with Crippen LogP contribution in [-0.4, -0.2) is 11.3 Å². The zero-order valence-electron chi connectivity index (χ0n) is 30.7. The van der Waals surface area contributed by atoms with Crippen molar-refractivity contribution < 1.29 is 0 Å². The first-order valence-corrected chi connectivity index (χ1v) is 18.6. The summed E-state index contributed by atoms with van der Waals surface area (Å²) < 4.78 is 2.50. The number of aromatic nitrogens is 1. The Kier molecular flexibility index (Phi) is 6.73. The Morgan fingerprint density at radius 1 is 0.385 bits per heavy atom. The Morgan fingerprint density at radius 3 is 1.42 bits per heavy atom. The highest BCUT2D eigenvalue weighted by atomic mass is 15.0. The monoisotopic (exact) mass is 665 g/mol. The van der Waals surface area contributed by atoms with E-state index in [1.165, 1.54) is 120 Å². The van der Waals surface area contributed by atoms with Crippen molar-refractivity contribution in [3.63, 3.8) is 0 Å². The molecule has 9 aromatic carbocycles. The van der Waals surface area contributed by atoms with Gasteiger partial charge in [-0.1, -0.05) is 165 Å². The molecule has 0 saturated heterocycles. The molecule has 1 nitrogen and oxygen atoms in total. The van der Waals surface area contributed by atoms with E-state index < -0.39 is 0 Å². The second-order valence-corrected chi connectivity index (χ2v) is 15.2. The molecule has 2 heteroatoms. The maximum atomic E-state index is 2.50. The van der Waals surface area contributed by atoms with E-state index in [0.717, 1.165) is 0 Å². The van der Waals surface area contributed by atoms with Crippen molar-refractivity contribution in [2.45, 2.75) is 41.5 Å². The number of benzene rings is 9. The quantitative estimate of drug-likeness (QED) is 0.100. The Hall–Kier alpha value is -5.86. The molecule has 0 saturated carbocycles. The van der Waals surface area contributed by atoms with Gasteiger partial charge < -0.3 is 4.57 Å². The summed E-state index contributed by atoms with van der Waals surface area (Å²) in [5, 5.41) is 13.1. The van der Waals surface area contributed by atoms with E-state index in [2.05, 4.69) is 180 Å². The normalized spacial score (nSPS) is 12.0. The van der Waals surface area contributed by atoms with Gasteiger partial charge in [-0.2, -0.15) is 0 Å². The van der Waals surface area contributed by atoms with Crippen molar-refractivity contribution in [2.24, 2.45) is 0 Å². The molecule has 0 aliphatic heterocycles. The van der Waals surface area contributed by atoms with Gasteiger partial charge in [-0.25, -0.2) is 0 Å². The summed E-state index contributed by atoms with van der Waals surface area (Å²) in [5.41, 5.74) is 16.0. The molecule has 0 fully saturated rings. The molecule has 10 aromatic rings. The summed E-state index contributed by atoms with van der Waals surface area (Å²) in [4.78, 5) is 0. The largest absolute Gasteiger partial charge is 0.309 e. The van der Waals surface area contributed by atoms with Gasteiger partial charge in [-0.3, -0.25) is 0 Å². The molecule has 0 radical (unpaired) electrons. The molecule has 0 N–H and O–H groups in total. The van der Waals surface area contributed by atoms with Gasteiger partial charge in [0.2, 0.25) is 6.71 Å². The highest BCUT2D eigenvalue weighted by molar-refractivity contribution is 6.98. The molecule has 52 heavy (non-hydrogen) atoms. The lowest BCUT2D eigenvalue weighted by Gasteiger charge is -2.27. The molecule has 1 aromatic heterocycles.